The number of hydrazine groups is 1. The van der Waals surface area contributed by atoms with Crippen molar-refractivity contribution in [2.45, 2.75) is 31.0 Å². The summed E-state index contributed by atoms with van der Waals surface area (Å²) < 4.78 is 0. The van der Waals surface area contributed by atoms with Crippen LogP contribution in [0, 0.1) is 0 Å². The van der Waals surface area contributed by atoms with Crippen molar-refractivity contribution in [3.05, 3.63) is 70.1 Å². The van der Waals surface area contributed by atoms with Crippen molar-refractivity contribution in [1.82, 2.24) is 15.3 Å². The van der Waals surface area contributed by atoms with Crippen LogP contribution in [0.5, 0.6) is 0 Å². The summed E-state index contributed by atoms with van der Waals surface area (Å²) in [7, 11) is 0. The van der Waals surface area contributed by atoms with Crippen LogP contribution in [0.2, 0.25) is 0 Å². The van der Waals surface area contributed by atoms with E-state index >= 15 is 0 Å². The fourth-order valence-electron chi connectivity index (χ4n) is 3.91. The lowest BCUT2D eigenvalue weighted by molar-refractivity contribution is -0.162. The molecule has 10 heteroatoms. The van der Waals surface area contributed by atoms with Crippen molar-refractivity contribution in [3.63, 3.8) is 0 Å². The fourth-order valence-corrected chi connectivity index (χ4v) is 4.58. The van der Waals surface area contributed by atoms with Gasteiger partial charge in [0.25, 0.3) is 11.8 Å². The van der Waals surface area contributed by atoms with Gasteiger partial charge in [-0.2, -0.15) is 16.8 Å². The second kappa shape index (κ2) is 7.97. The van der Waals surface area contributed by atoms with Crippen LogP contribution in [-0.2, 0) is 16.0 Å². The van der Waals surface area contributed by atoms with Crippen molar-refractivity contribution >= 4 is 35.1 Å². The van der Waals surface area contributed by atoms with Gasteiger partial charge < -0.3 is 15.1 Å². The Bertz CT molecular complexity index is 1050. The number of carboxylic acids is 2. The van der Waals surface area contributed by atoms with Crippen molar-refractivity contribution in [2.75, 3.05) is 0 Å². The van der Waals surface area contributed by atoms with Crippen molar-refractivity contribution < 1.29 is 29.4 Å². The number of hydrogen-bond donors (Lipinski definition) is 3. The predicted molar refractivity (Wildman–Crippen MR) is 110 cm³/mol. The zero-order valence-corrected chi connectivity index (χ0v) is 17.0. The first kappa shape index (κ1) is 20.8. The number of rotatable bonds is 7. The molecule has 2 aliphatic rings. The summed E-state index contributed by atoms with van der Waals surface area (Å²) in [6.07, 6.45) is 3.57. The smallest absolute Gasteiger partial charge is 0.346 e. The molecular weight excluding hydrogens is 422 g/mol. The molecule has 31 heavy (non-hydrogen) atoms. The quantitative estimate of drug-likeness (QED) is 0.557. The lowest BCUT2D eigenvalue weighted by atomic mass is 9.95. The summed E-state index contributed by atoms with van der Waals surface area (Å²) in [5.41, 5.74) is 1.46. The monoisotopic (exact) mass is 441 g/mol. The van der Waals surface area contributed by atoms with Gasteiger partial charge in [0.05, 0.1) is 11.1 Å². The standard InChI is InChI=1S/C21H19N3O6S/c25-17-14-5-1-2-6-15(14)18(26)24(17)22-21(20(29)30,11-13-8-10-31-12-13)23-9-4-3-7-16(23)19(27)28/h1-2,4-6,8-10,12,16,22H,3,7,11H2,(H,27,28)(H,29,30)/t16-,21+/m0/s1. The minimum atomic E-state index is -2.09. The molecule has 160 valence electrons. The van der Waals surface area contributed by atoms with Gasteiger partial charge in [-0.05, 0) is 53.6 Å². The molecule has 4 rings (SSSR count). The van der Waals surface area contributed by atoms with E-state index in [2.05, 4.69) is 5.43 Å². The van der Waals surface area contributed by atoms with Crippen LogP contribution >= 0.6 is 11.3 Å². The third kappa shape index (κ3) is 3.49. The third-order valence-electron chi connectivity index (χ3n) is 5.42. The maximum atomic E-state index is 12.9. The van der Waals surface area contributed by atoms with E-state index in [4.69, 9.17) is 0 Å². The highest BCUT2D eigenvalue weighted by Gasteiger charge is 2.52. The van der Waals surface area contributed by atoms with Gasteiger partial charge in [-0.25, -0.2) is 14.6 Å². The van der Waals surface area contributed by atoms with E-state index in [0.717, 1.165) is 0 Å². The van der Waals surface area contributed by atoms with Gasteiger partial charge in [0.1, 0.15) is 6.04 Å². The van der Waals surface area contributed by atoms with Crippen molar-refractivity contribution in [1.29, 1.82) is 0 Å². The molecule has 0 aliphatic carbocycles. The Morgan fingerprint density at radius 2 is 1.81 bits per heavy atom. The molecule has 2 aromatic rings. The molecule has 0 saturated carbocycles. The van der Waals surface area contributed by atoms with Crippen molar-refractivity contribution in [2.24, 2.45) is 0 Å². The molecule has 0 radical (unpaired) electrons. The molecule has 1 aromatic carbocycles. The van der Waals surface area contributed by atoms with Crippen LogP contribution < -0.4 is 5.43 Å². The highest BCUT2D eigenvalue weighted by atomic mass is 32.1. The molecule has 0 unspecified atom stereocenters. The van der Waals surface area contributed by atoms with E-state index in [-0.39, 0.29) is 24.0 Å². The first-order valence-corrected chi connectivity index (χ1v) is 10.5. The average molecular weight is 441 g/mol. The SMILES string of the molecule is O=C(O)[C@@H]1CCC=CN1[C@@](Cc1ccsc1)(NN1C(=O)c2ccccc2C1=O)C(=O)O. The van der Waals surface area contributed by atoms with Crippen LogP contribution in [0.15, 0.2) is 53.4 Å². The molecule has 2 aliphatic heterocycles. The number of carbonyl (C=O) groups is 4. The Morgan fingerprint density at radius 3 is 2.35 bits per heavy atom. The molecule has 2 atom stereocenters. The number of thiophene rings is 1. The minimum Gasteiger partial charge on any atom is -0.480 e. The Balaban J connectivity index is 1.81. The van der Waals surface area contributed by atoms with Gasteiger partial charge in [0.2, 0.25) is 5.66 Å². The third-order valence-corrected chi connectivity index (χ3v) is 6.15. The number of carbonyl (C=O) groups excluding carboxylic acids is 2. The Kier molecular flexibility index (Phi) is 5.34. The fraction of sp³-hybridized carbons (Fsp3) is 0.238. The lowest BCUT2D eigenvalue weighted by Crippen LogP contribution is -2.71. The summed E-state index contributed by atoms with van der Waals surface area (Å²) in [6.45, 7) is 0. The van der Waals surface area contributed by atoms with Crippen LogP contribution in [0.1, 0.15) is 39.1 Å². The number of nitrogens with zero attached hydrogens (tertiary/aromatic N) is 2. The van der Waals surface area contributed by atoms with E-state index in [1.807, 2.05) is 0 Å². The first-order valence-electron chi connectivity index (χ1n) is 9.53. The van der Waals surface area contributed by atoms with Crippen LogP contribution in [0.25, 0.3) is 0 Å². The van der Waals surface area contributed by atoms with Gasteiger partial charge in [-0.3, -0.25) is 9.59 Å². The van der Waals surface area contributed by atoms with E-state index in [1.54, 1.807) is 35.0 Å². The Morgan fingerprint density at radius 1 is 1.13 bits per heavy atom. The van der Waals surface area contributed by atoms with Crippen molar-refractivity contribution in [3.8, 4) is 0 Å². The van der Waals surface area contributed by atoms with Gasteiger partial charge in [0.15, 0.2) is 0 Å². The molecule has 3 N–H and O–H groups in total. The van der Waals surface area contributed by atoms with Crippen LogP contribution in [0.4, 0.5) is 0 Å². The zero-order valence-electron chi connectivity index (χ0n) is 16.2. The first-order chi connectivity index (χ1) is 14.8. The largest absolute Gasteiger partial charge is 0.480 e. The molecule has 9 nitrogen and oxygen atoms in total. The van der Waals surface area contributed by atoms with E-state index in [9.17, 15) is 29.4 Å². The van der Waals surface area contributed by atoms with E-state index < -0.39 is 35.5 Å². The lowest BCUT2D eigenvalue weighted by Gasteiger charge is -2.46. The molecule has 3 heterocycles. The van der Waals surface area contributed by atoms with Gasteiger partial charge in [0, 0.05) is 6.42 Å². The minimum absolute atomic E-state index is 0.152. The summed E-state index contributed by atoms with van der Waals surface area (Å²) in [5.74, 6) is -3.98. The summed E-state index contributed by atoms with van der Waals surface area (Å²) in [6, 6.07) is 6.76. The number of aliphatic carboxylic acids is 2. The van der Waals surface area contributed by atoms with E-state index in [0.29, 0.717) is 17.0 Å². The molecule has 0 fully saturated rings. The topological polar surface area (TPSA) is 127 Å². The predicted octanol–water partition coefficient (Wildman–Crippen LogP) is 1.94. The highest BCUT2D eigenvalue weighted by Crippen LogP contribution is 2.31. The van der Waals surface area contributed by atoms with Gasteiger partial charge in [-0.1, -0.05) is 18.2 Å². The number of fused-ring (bicyclic) bond motifs is 1. The van der Waals surface area contributed by atoms with Crippen LogP contribution in [-0.4, -0.2) is 55.6 Å². The summed E-state index contributed by atoms with van der Waals surface area (Å²) in [4.78, 5) is 51.6. The summed E-state index contributed by atoms with van der Waals surface area (Å²) in [5, 5.41) is 24.3. The molecule has 0 bridgehead atoms. The molecule has 1 aromatic heterocycles. The molecular formula is C21H19N3O6S. The van der Waals surface area contributed by atoms with Gasteiger partial charge in [-0.15, -0.1) is 0 Å². The summed E-state index contributed by atoms with van der Waals surface area (Å²) >= 11 is 1.36. The Hall–Kier alpha value is -3.50. The molecule has 2 amide bonds. The second-order valence-corrected chi connectivity index (χ2v) is 8.08. The maximum absolute atomic E-state index is 12.9. The number of hydrogen-bond acceptors (Lipinski definition) is 7. The number of imide groups is 1. The van der Waals surface area contributed by atoms with E-state index in [1.165, 1.54) is 34.6 Å². The van der Waals surface area contributed by atoms with Crippen LogP contribution in [0.3, 0.4) is 0 Å². The molecule has 0 saturated heterocycles. The Labute approximate surface area is 181 Å². The number of benzene rings is 1. The number of carboxylic acid groups (broad SMARTS) is 2. The average Bonchev–Trinajstić information content (AvgIpc) is 3.35. The maximum Gasteiger partial charge on any atom is 0.346 e. The molecule has 0 spiro atoms. The van der Waals surface area contributed by atoms with Gasteiger partial charge >= 0.3 is 11.9 Å². The number of nitrogens with one attached hydrogen (secondary N) is 1. The second-order valence-electron chi connectivity index (χ2n) is 7.30. The number of allylic oxidation sites excluding steroid dienone is 1. The normalized spacial score (nSPS) is 19.9. The highest BCUT2D eigenvalue weighted by molar-refractivity contribution is 7.07. The zero-order chi connectivity index (χ0) is 22.2. The number of amides is 2.